The van der Waals surface area contributed by atoms with Gasteiger partial charge in [0.15, 0.2) is 8.32 Å². The maximum Gasteiger partial charge on any atom is 0.308 e. The molecular weight excluding hydrogens is 234 g/mol. The first-order valence-corrected chi connectivity index (χ1v) is 8.66. The van der Waals surface area contributed by atoms with Crippen LogP contribution in [0.5, 0.6) is 0 Å². The van der Waals surface area contributed by atoms with Gasteiger partial charge < -0.3 is 9.16 Å². The average molecular weight is 257 g/mol. The Balaban J connectivity index is 4.66. The molecule has 4 nitrogen and oxygen atoms in total. The van der Waals surface area contributed by atoms with Gasteiger partial charge in [0.1, 0.15) is 0 Å². The van der Waals surface area contributed by atoms with E-state index in [-0.39, 0.29) is 30.0 Å². The predicted molar refractivity (Wildman–Crippen MR) is 68.9 cm³/mol. The molecule has 0 spiro atoms. The van der Waals surface area contributed by atoms with Crippen LogP contribution in [0.4, 0.5) is 0 Å². The van der Waals surface area contributed by atoms with Gasteiger partial charge >= 0.3 is 5.97 Å². The highest BCUT2D eigenvalue weighted by Crippen LogP contribution is 2.37. The van der Waals surface area contributed by atoms with Crippen molar-refractivity contribution in [1.29, 1.82) is 5.26 Å². The number of nitriles is 1. The van der Waals surface area contributed by atoms with Crippen LogP contribution in [0, 0.1) is 11.3 Å². The number of carbonyl (C=O) groups excluding carboxylic acids is 1. The van der Waals surface area contributed by atoms with Crippen molar-refractivity contribution in [3.05, 3.63) is 0 Å². The molecule has 0 heterocycles. The van der Waals surface area contributed by atoms with Crippen molar-refractivity contribution in [1.82, 2.24) is 0 Å². The second-order valence-corrected chi connectivity index (χ2v) is 10.4. The molecule has 0 N–H and O–H groups in total. The van der Waals surface area contributed by atoms with Gasteiger partial charge in [-0.1, -0.05) is 20.8 Å². The van der Waals surface area contributed by atoms with E-state index in [0.717, 1.165) is 0 Å². The van der Waals surface area contributed by atoms with Crippen LogP contribution in [0.2, 0.25) is 18.1 Å². The summed E-state index contributed by atoms with van der Waals surface area (Å²) in [5.41, 5.74) is 0. The van der Waals surface area contributed by atoms with Crippen molar-refractivity contribution in [3.63, 3.8) is 0 Å². The fourth-order valence-electron chi connectivity index (χ4n) is 1.12. The summed E-state index contributed by atoms with van der Waals surface area (Å²) in [6, 6.07) is 2.06. The highest BCUT2D eigenvalue weighted by atomic mass is 28.4. The number of esters is 1. The Labute approximate surface area is 105 Å². The lowest BCUT2D eigenvalue weighted by Crippen LogP contribution is -2.44. The first-order valence-electron chi connectivity index (χ1n) is 5.75. The second kappa shape index (κ2) is 6.17. The normalized spacial score (nSPS) is 13.9. The Morgan fingerprint density at radius 3 is 2.29 bits per heavy atom. The Kier molecular flexibility index (Phi) is 5.86. The van der Waals surface area contributed by atoms with Crippen LogP contribution in [0.15, 0.2) is 0 Å². The number of hydrogen-bond acceptors (Lipinski definition) is 4. The van der Waals surface area contributed by atoms with Crippen molar-refractivity contribution in [2.45, 2.75) is 57.8 Å². The molecule has 0 unspecified atom stereocenters. The van der Waals surface area contributed by atoms with E-state index < -0.39 is 8.32 Å². The van der Waals surface area contributed by atoms with Crippen LogP contribution in [-0.4, -0.2) is 27.5 Å². The Morgan fingerprint density at radius 1 is 1.41 bits per heavy atom. The van der Waals surface area contributed by atoms with Crippen molar-refractivity contribution >= 4 is 14.3 Å². The molecule has 0 saturated heterocycles. The van der Waals surface area contributed by atoms with Crippen LogP contribution >= 0.6 is 0 Å². The predicted octanol–water partition coefficient (Wildman–Crippen LogP) is 2.85. The van der Waals surface area contributed by atoms with Gasteiger partial charge in [-0.3, -0.25) is 4.79 Å². The summed E-state index contributed by atoms with van der Waals surface area (Å²) in [7, 11) is -0.598. The fourth-order valence-corrected chi connectivity index (χ4v) is 2.47. The number of ether oxygens (including phenoxy) is 1. The Hall–Kier alpha value is -0.863. The molecule has 0 rings (SSSR count). The van der Waals surface area contributed by atoms with Gasteiger partial charge in [0.05, 0.1) is 32.1 Å². The van der Waals surface area contributed by atoms with Crippen LogP contribution in [-0.2, 0) is 14.0 Å². The molecule has 0 aliphatic rings. The topological polar surface area (TPSA) is 59.3 Å². The smallest absolute Gasteiger partial charge is 0.308 e. The maximum absolute atomic E-state index is 11.2. The lowest BCUT2D eigenvalue weighted by molar-refractivity contribution is -0.142. The fraction of sp³-hybridized carbons (Fsp3) is 0.833. The summed E-state index contributed by atoms with van der Waals surface area (Å²) in [5.74, 6) is -0.330. The molecule has 0 radical (unpaired) electrons. The third-order valence-corrected chi connectivity index (χ3v) is 7.74. The summed E-state index contributed by atoms with van der Waals surface area (Å²) >= 11 is 0. The molecule has 0 aliphatic carbocycles. The molecule has 0 aromatic carbocycles. The molecule has 0 aromatic heterocycles. The average Bonchev–Trinajstić information content (AvgIpc) is 2.15. The van der Waals surface area contributed by atoms with E-state index in [2.05, 4.69) is 44.7 Å². The van der Waals surface area contributed by atoms with Gasteiger partial charge in [-0.05, 0) is 18.1 Å². The number of rotatable bonds is 5. The van der Waals surface area contributed by atoms with Crippen LogP contribution < -0.4 is 0 Å². The summed E-state index contributed by atoms with van der Waals surface area (Å²) in [6.45, 7) is 10.6. The standard InChI is InChI=1S/C12H23NO3Si/c1-12(2,3)17(5,6)16-10(7-8-13)9-11(14)15-4/h10H,7,9H2,1-6H3/t10-/m1/s1. The first-order chi connectivity index (χ1) is 7.64. The zero-order chi connectivity index (χ0) is 13.7. The van der Waals surface area contributed by atoms with E-state index in [1.807, 2.05) is 0 Å². The summed E-state index contributed by atoms with van der Waals surface area (Å²) in [4.78, 5) is 11.2. The van der Waals surface area contributed by atoms with Crippen molar-refractivity contribution in [2.24, 2.45) is 0 Å². The molecule has 1 atom stereocenters. The highest BCUT2D eigenvalue weighted by molar-refractivity contribution is 6.74. The zero-order valence-corrected chi connectivity index (χ0v) is 12.7. The quantitative estimate of drug-likeness (QED) is 0.561. The molecule has 0 fully saturated rings. The van der Waals surface area contributed by atoms with E-state index in [1.54, 1.807) is 0 Å². The number of carbonyl (C=O) groups is 1. The molecule has 0 aromatic rings. The van der Waals surface area contributed by atoms with Gasteiger partial charge in [0.2, 0.25) is 0 Å². The first kappa shape index (κ1) is 16.1. The second-order valence-electron chi connectivity index (χ2n) is 5.64. The largest absolute Gasteiger partial charge is 0.469 e. The van der Waals surface area contributed by atoms with Crippen molar-refractivity contribution in [3.8, 4) is 6.07 Å². The third-order valence-electron chi connectivity index (χ3n) is 3.21. The van der Waals surface area contributed by atoms with Gasteiger partial charge in [-0.15, -0.1) is 0 Å². The summed E-state index contributed by atoms with van der Waals surface area (Å²) in [5, 5.41) is 8.82. The monoisotopic (exact) mass is 257 g/mol. The summed E-state index contributed by atoms with van der Waals surface area (Å²) < 4.78 is 10.6. The minimum atomic E-state index is -1.94. The highest BCUT2D eigenvalue weighted by Gasteiger charge is 2.39. The van der Waals surface area contributed by atoms with Gasteiger partial charge in [0.25, 0.3) is 0 Å². The summed E-state index contributed by atoms with van der Waals surface area (Å²) in [6.07, 6.45) is 0.0198. The Bertz CT molecular complexity index is 302. The van der Waals surface area contributed by atoms with E-state index in [9.17, 15) is 4.79 Å². The lowest BCUT2D eigenvalue weighted by atomic mass is 10.2. The molecule has 0 amide bonds. The number of nitrogens with zero attached hydrogens (tertiary/aromatic N) is 1. The van der Waals surface area contributed by atoms with Crippen molar-refractivity contribution < 1.29 is 14.0 Å². The van der Waals surface area contributed by atoms with Crippen LogP contribution in [0.1, 0.15) is 33.6 Å². The van der Waals surface area contributed by atoms with Crippen LogP contribution in [0.25, 0.3) is 0 Å². The number of methoxy groups -OCH3 is 1. The maximum atomic E-state index is 11.2. The molecule has 98 valence electrons. The molecule has 5 heteroatoms. The minimum absolute atomic E-state index is 0.0663. The van der Waals surface area contributed by atoms with Gasteiger partial charge in [0, 0.05) is 0 Å². The lowest BCUT2D eigenvalue weighted by Gasteiger charge is -2.38. The Morgan fingerprint density at radius 2 is 1.94 bits per heavy atom. The van der Waals surface area contributed by atoms with Gasteiger partial charge in [-0.2, -0.15) is 5.26 Å². The molecule has 0 saturated carbocycles. The molecule has 17 heavy (non-hydrogen) atoms. The number of hydrogen-bond donors (Lipinski definition) is 0. The molecule has 0 bridgehead atoms. The minimum Gasteiger partial charge on any atom is -0.469 e. The third kappa shape index (κ3) is 5.33. The molecular formula is C12H23NO3Si. The van der Waals surface area contributed by atoms with E-state index in [4.69, 9.17) is 9.69 Å². The van der Waals surface area contributed by atoms with E-state index in [1.165, 1.54) is 7.11 Å². The van der Waals surface area contributed by atoms with Crippen LogP contribution in [0.3, 0.4) is 0 Å². The van der Waals surface area contributed by atoms with Crippen molar-refractivity contribution in [2.75, 3.05) is 7.11 Å². The SMILES string of the molecule is COC(=O)C[C@@H](CC#N)O[Si](C)(C)C(C)(C)C. The van der Waals surface area contributed by atoms with Gasteiger partial charge in [-0.25, -0.2) is 0 Å². The molecule has 0 aliphatic heterocycles. The zero-order valence-electron chi connectivity index (χ0n) is 11.7. The van der Waals surface area contributed by atoms with E-state index in [0.29, 0.717) is 0 Å². The van der Waals surface area contributed by atoms with E-state index >= 15 is 0 Å².